The molecule has 1 heterocycles. The fraction of sp³-hybridized carbons (Fsp3) is 0.600. The molecule has 1 aliphatic heterocycles. The highest BCUT2D eigenvalue weighted by Gasteiger charge is 2.23. The zero-order valence-corrected chi connectivity index (χ0v) is 11.3. The minimum atomic E-state index is -0.0204. The van der Waals surface area contributed by atoms with Crippen LogP contribution in [0.5, 0.6) is 0 Å². The van der Waals surface area contributed by atoms with Gasteiger partial charge in [0.15, 0.2) is 0 Å². The molecule has 18 heavy (non-hydrogen) atoms. The molecule has 1 saturated heterocycles. The molecule has 3 heteroatoms. The van der Waals surface area contributed by atoms with Crippen molar-refractivity contribution in [3.8, 4) is 0 Å². The van der Waals surface area contributed by atoms with Crippen molar-refractivity contribution in [3.63, 3.8) is 0 Å². The highest BCUT2D eigenvalue weighted by atomic mass is 16.5. The second kappa shape index (κ2) is 6.32. The highest BCUT2D eigenvalue weighted by molar-refractivity contribution is 5.25. The SMILES string of the molecule is Cc1cccc(C(OC2CCOCC2)C(C)N)c1. The molecule has 0 amide bonds. The molecule has 0 bridgehead atoms. The van der Waals surface area contributed by atoms with Gasteiger partial charge in [0.25, 0.3) is 0 Å². The van der Waals surface area contributed by atoms with Gasteiger partial charge < -0.3 is 15.2 Å². The lowest BCUT2D eigenvalue weighted by Crippen LogP contribution is -2.33. The van der Waals surface area contributed by atoms with Gasteiger partial charge in [0.1, 0.15) is 0 Å². The summed E-state index contributed by atoms with van der Waals surface area (Å²) in [5.41, 5.74) is 8.50. The van der Waals surface area contributed by atoms with Gasteiger partial charge in [0.2, 0.25) is 0 Å². The fourth-order valence-corrected chi connectivity index (χ4v) is 2.37. The van der Waals surface area contributed by atoms with Crippen molar-refractivity contribution >= 4 is 0 Å². The van der Waals surface area contributed by atoms with E-state index in [9.17, 15) is 0 Å². The Kier molecular flexibility index (Phi) is 4.75. The summed E-state index contributed by atoms with van der Waals surface area (Å²) in [6.07, 6.45) is 2.19. The first-order chi connectivity index (χ1) is 8.66. The molecule has 2 rings (SSSR count). The van der Waals surface area contributed by atoms with Crippen LogP contribution in [0, 0.1) is 6.92 Å². The Morgan fingerprint density at radius 2 is 2.06 bits per heavy atom. The first kappa shape index (κ1) is 13.5. The van der Waals surface area contributed by atoms with E-state index in [4.69, 9.17) is 15.2 Å². The average Bonchev–Trinajstić information content (AvgIpc) is 2.37. The summed E-state index contributed by atoms with van der Waals surface area (Å²) in [7, 11) is 0. The third-order valence-electron chi connectivity index (χ3n) is 3.36. The third-order valence-corrected chi connectivity index (χ3v) is 3.36. The predicted molar refractivity (Wildman–Crippen MR) is 72.5 cm³/mol. The summed E-state index contributed by atoms with van der Waals surface area (Å²) in [4.78, 5) is 0. The van der Waals surface area contributed by atoms with Crippen molar-refractivity contribution in [3.05, 3.63) is 35.4 Å². The van der Waals surface area contributed by atoms with E-state index < -0.39 is 0 Å². The van der Waals surface area contributed by atoms with Crippen LogP contribution >= 0.6 is 0 Å². The molecule has 0 radical (unpaired) electrons. The Balaban J connectivity index is 2.07. The molecule has 0 aromatic heterocycles. The topological polar surface area (TPSA) is 44.5 Å². The van der Waals surface area contributed by atoms with Crippen molar-refractivity contribution in [1.82, 2.24) is 0 Å². The van der Waals surface area contributed by atoms with Gasteiger partial charge in [-0.05, 0) is 32.3 Å². The van der Waals surface area contributed by atoms with Crippen LogP contribution in [0.15, 0.2) is 24.3 Å². The number of aryl methyl sites for hydroxylation is 1. The second-order valence-electron chi connectivity index (χ2n) is 5.14. The molecular weight excluding hydrogens is 226 g/mol. The van der Waals surface area contributed by atoms with E-state index in [-0.39, 0.29) is 18.2 Å². The Labute approximate surface area is 109 Å². The van der Waals surface area contributed by atoms with Crippen molar-refractivity contribution < 1.29 is 9.47 Å². The van der Waals surface area contributed by atoms with Gasteiger partial charge in [-0.15, -0.1) is 0 Å². The molecule has 3 nitrogen and oxygen atoms in total. The molecule has 2 N–H and O–H groups in total. The number of nitrogens with two attached hydrogens (primary N) is 1. The lowest BCUT2D eigenvalue weighted by molar-refractivity contribution is -0.0758. The van der Waals surface area contributed by atoms with E-state index in [1.807, 2.05) is 6.92 Å². The van der Waals surface area contributed by atoms with Crippen molar-refractivity contribution in [1.29, 1.82) is 0 Å². The Morgan fingerprint density at radius 1 is 1.33 bits per heavy atom. The monoisotopic (exact) mass is 249 g/mol. The summed E-state index contributed by atoms with van der Waals surface area (Å²) in [5, 5.41) is 0. The highest BCUT2D eigenvalue weighted by Crippen LogP contribution is 2.26. The summed E-state index contributed by atoms with van der Waals surface area (Å²) in [6.45, 7) is 5.69. The zero-order valence-electron chi connectivity index (χ0n) is 11.3. The maximum Gasteiger partial charge on any atom is 0.0976 e. The zero-order chi connectivity index (χ0) is 13.0. The fourth-order valence-electron chi connectivity index (χ4n) is 2.37. The molecule has 0 saturated carbocycles. The Bertz CT molecular complexity index is 373. The number of hydrogen-bond acceptors (Lipinski definition) is 3. The largest absolute Gasteiger partial charge is 0.381 e. The molecule has 2 atom stereocenters. The molecule has 1 fully saturated rings. The number of hydrogen-bond donors (Lipinski definition) is 1. The summed E-state index contributed by atoms with van der Waals surface area (Å²) < 4.78 is 11.5. The van der Waals surface area contributed by atoms with Crippen LogP contribution in [0.3, 0.4) is 0 Å². The minimum absolute atomic E-state index is 0.00496. The molecule has 0 spiro atoms. The van der Waals surface area contributed by atoms with Gasteiger partial charge in [0, 0.05) is 19.3 Å². The van der Waals surface area contributed by atoms with E-state index >= 15 is 0 Å². The van der Waals surface area contributed by atoms with E-state index in [0.29, 0.717) is 0 Å². The lowest BCUT2D eigenvalue weighted by atomic mass is 10.0. The van der Waals surface area contributed by atoms with Gasteiger partial charge in [-0.2, -0.15) is 0 Å². The van der Waals surface area contributed by atoms with Crippen LogP contribution in [-0.2, 0) is 9.47 Å². The summed E-state index contributed by atoms with van der Waals surface area (Å²) in [5.74, 6) is 0. The van der Waals surface area contributed by atoms with Gasteiger partial charge >= 0.3 is 0 Å². The molecule has 2 unspecified atom stereocenters. The van der Waals surface area contributed by atoms with Crippen LogP contribution < -0.4 is 5.73 Å². The maximum atomic E-state index is 6.19. The quantitative estimate of drug-likeness (QED) is 0.892. The smallest absolute Gasteiger partial charge is 0.0976 e. The number of ether oxygens (including phenoxy) is 2. The molecule has 1 aliphatic rings. The maximum absolute atomic E-state index is 6.19. The molecule has 1 aromatic rings. The van der Waals surface area contributed by atoms with Crippen LogP contribution in [0.25, 0.3) is 0 Å². The predicted octanol–water partition coefficient (Wildman–Crippen LogP) is 2.58. The minimum Gasteiger partial charge on any atom is -0.381 e. The van der Waals surface area contributed by atoms with E-state index in [1.54, 1.807) is 0 Å². The van der Waals surface area contributed by atoms with Crippen molar-refractivity contribution in [2.24, 2.45) is 5.73 Å². The standard InChI is InChI=1S/C15H23NO2/c1-11-4-3-5-13(10-11)15(12(2)16)18-14-6-8-17-9-7-14/h3-5,10,12,14-15H,6-9,16H2,1-2H3. The van der Waals surface area contributed by atoms with E-state index in [0.717, 1.165) is 26.1 Å². The van der Waals surface area contributed by atoms with Gasteiger partial charge in [-0.3, -0.25) is 0 Å². The molecule has 100 valence electrons. The third kappa shape index (κ3) is 3.55. The number of rotatable bonds is 4. The molecule has 0 aliphatic carbocycles. The van der Waals surface area contributed by atoms with Crippen LogP contribution in [0.4, 0.5) is 0 Å². The Hall–Kier alpha value is -0.900. The van der Waals surface area contributed by atoms with E-state index in [2.05, 4.69) is 31.2 Å². The van der Waals surface area contributed by atoms with Gasteiger partial charge in [-0.1, -0.05) is 29.8 Å². The van der Waals surface area contributed by atoms with Crippen LogP contribution in [-0.4, -0.2) is 25.4 Å². The first-order valence-electron chi connectivity index (χ1n) is 6.72. The van der Waals surface area contributed by atoms with E-state index in [1.165, 1.54) is 11.1 Å². The van der Waals surface area contributed by atoms with Crippen LogP contribution in [0.2, 0.25) is 0 Å². The molecule has 1 aromatic carbocycles. The Morgan fingerprint density at radius 3 is 2.67 bits per heavy atom. The lowest BCUT2D eigenvalue weighted by Gasteiger charge is -2.30. The summed E-state index contributed by atoms with van der Waals surface area (Å²) >= 11 is 0. The summed E-state index contributed by atoms with van der Waals surface area (Å²) in [6, 6.07) is 8.41. The second-order valence-corrected chi connectivity index (χ2v) is 5.14. The van der Waals surface area contributed by atoms with Gasteiger partial charge in [0.05, 0.1) is 12.2 Å². The first-order valence-corrected chi connectivity index (χ1v) is 6.72. The van der Waals surface area contributed by atoms with Gasteiger partial charge in [-0.25, -0.2) is 0 Å². The molecular formula is C15H23NO2. The average molecular weight is 249 g/mol. The van der Waals surface area contributed by atoms with Crippen molar-refractivity contribution in [2.45, 2.75) is 44.9 Å². The number of benzene rings is 1. The van der Waals surface area contributed by atoms with Crippen molar-refractivity contribution in [2.75, 3.05) is 13.2 Å². The van der Waals surface area contributed by atoms with Crippen LogP contribution in [0.1, 0.15) is 37.0 Å². The normalized spacial score (nSPS) is 20.6.